The summed E-state index contributed by atoms with van der Waals surface area (Å²) in [6.07, 6.45) is 1.01. The molecule has 0 aliphatic heterocycles. The molecule has 14 heavy (non-hydrogen) atoms. The van der Waals surface area contributed by atoms with Crippen LogP contribution in [0, 0.1) is 12.8 Å². The number of carbonyl (C=O) groups is 1. The number of aryl methyl sites for hydroxylation is 1. The Balaban J connectivity index is 2.95. The lowest BCUT2D eigenvalue weighted by atomic mass is 9.97. The third-order valence-electron chi connectivity index (χ3n) is 2.22. The molecule has 0 heterocycles. The Hall–Kier alpha value is -1.31. The van der Waals surface area contributed by atoms with Crippen LogP contribution in [-0.4, -0.2) is 11.1 Å². The van der Waals surface area contributed by atoms with Gasteiger partial charge in [0.05, 0.1) is 5.56 Å². The summed E-state index contributed by atoms with van der Waals surface area (Å²) in [7, 11) is 0. The van der Waals surface area contributed by atoms with Crippen LogP contribution in [-0.2, 0) is 6.42 Å². The van der Waals surface area contributed by atoms with E-state index in [0.29, 0.717) is 11.5 Å². The summed E-state index contributed by atoms with van der Waals surface area (Å²) in [6.45, 7) is 6.28. The van der Waals surface area contributed by atoms with Crippen molar-refractivity contribution in [3.8, 4) is 0 Å². The van der Waals surface area contributed by atoms with Crippen molar-refractivity contribution in [1.82, 2.24) is 0 Å². The molecular weight excluding hydrogens is 176 g/mol. The lowest BCUT2D eigenvalue weighted by Gasteiger charge is -2.08. The largest absolute Gasteiger partial charge is 0.478 e. The summed E-state index contributed by atoms with van der Waals surface area (Å²) in [4.78, 5) is 10.7. The monoisotopic (exact) mass is 192 g/mol. The molecule has 0 saturated heterocycles. The average molecular weight is 192 g/mol. The van der Waals surface area contributed by atoms with E-state index in [0.717, 1.165) is 12.0 Å². The highest BCUT2D eigenvalue weighted by Crippen LogP contribution is 2.15. The summed E-state index contributed by atoms with van der Waals surface area (Å²) in [5.74, 6) is -0.256. The van der Waals surface area contributed by atoms with Crippen molar-refractivity contribution in [2.45, 2.75) is 27.2 Å². The Morgan fingerprint density at radius 2 is 2.07 bits per heavy atom. The van der Waals surface area contributed by atoms with Crippen molar-refractivity contribution >= 4 is 5.97 Å². The van der Waals surface area contributed by atoms with Crippen LogP contribution in [0.3, 0.4) is 0 Å². The quantitative estimate of drug-likeness (QED) is 0.799. The molecule has 76 valence electrons. The summed E-state index contributed by atoms with van der Waals surface area (Å²) in [5, 5.41) is 8.78. The molecule has 0 amide bonds. The Morgan fingerprint density at radius 3 is 2.50 bits per heavy atom. The average Bonchev–Trinajstić information content (AvgIpc) is 2.07. The van der Waals surface area contributed by atoms with Crippen LogP contribution in [0.2, 0.25) is 0 Å². The lowest BCUT2D eigenvalue weighted by molar-refractivity contribution is 0.0697. The second-order valence-electron chi connectivity index (χ2n) is 4.04. The van der Waals surface area contributed by atoms with Crippen molar-refractivity contribution in [3.05, 3.63) is 34.9 Å². The van der Waals surface area contributed by atoms with Gasteiger partial charge in [0.15, 0.2) is 0 Å². The Bertz CT molecular complexity index is 340. The SMILES string of the molecule is Cc1cc(C(=O)O)ccc1CC(C)C. The molecular formula is C12H16O2. The molecule has 0 aliphatic rings. The van der Waals surface area contributed by atoms with Crippen LogP contribution in [0.25, 0.3) is 0 Å². The fraction of sp³-hybridized carbons (Fsp3) is 0.417. The summed E-state index contributed by atoms with van der Waals surface area (Å²) >= 11 is 0. The molecule has 2 nitrogen and oxygen atoms in total. The zero-order valence-electron chi connectivity index (χ0n) is 8.87. The van der Waals surface area contributed by atoms with E-state index in [2.05, 4.69) is 13.8 Å². The summed E-state index contributed by atoms with van der Waals surface area (Å²) in [6, 6.07) is 5.33. The zero-order valence-corrected chi connectivity index (χ0v) is 8.87. The molecule has 1 aromatic rings. The molecule has 0 radical (unpaired) electrons. The van der Waals surface area contributed by atoms with Crippen LogP contribution in [0.4, 0.5) is 0 Å². The Labute approximate surface area is 84.6 Å². The molecule has 0 aliphatic carbocycles. The van der Waals surface area contributed by atoms with Gasteiger partial charge in [0.25, 0.3) is 0 Å². The maximum atomic E-state index is 10.7. The first kappa shape index (κ1) is 10.8. The normalized spacial score (nSPS) is 10.6. The number of hydrogen-bond donors (Lipinski definition) is 1. The van der Waals surface area contributed by atoms with Gasteiger partial charge in [-0.1, -0.05) is 19.9 Å². The number of carboxylic acid groups (broad SMARTS) is 1. The van der Waals surface area contributed by atoms with Crippen LogP contribution < -0.4 is 0 Å². The topological polar surface area (TPSA) is 37.3 Å². The number of hydrogen-bond acceptors (Lipinski definition) is 1. The van der Waals surface area contributed by atoms with Gasteiger partial charge in [-0.05, 0) is 42.5 Å². The minimum Gasteiger partial charge on any atom is -0.478 e. The minimum absolute atomic E-state index is 0.370. The molecule has 2 heteroatoms. The molecule has 0 spiro atoms. The molecule has 0 saturated carbocycles. The van der Waals surface area contributed by atoms with Crippen molar-refractivity contribution < 1.29 is 9.90 Å². The molecule has 0 aromatic heterocycles. The number of benzene rings is 1. The first-order valence-corrected chi connectivity index (χ1v) is 4.83. The Morgan fingerprint density at radius 1 is 1.43 bits per heavy atom. The predicted octanol–water partition coefficient (Wildman–Crippen LogP) is 2.89. The van der Waals surface area contributed by atoms with Gasteiger partial charge in [-0.25, -0.2) is 4.79 Å². The maximum absolute atomic E-state index is 10.7. The molecule has 1 rings (SSSR count). The highest BCUT2D eigenvalue weighted by molar-refractivity contribution is 5.87. The fourth-order valence-electron chi connectivity index (χ4n) is 1.50. The minimum atomic E-state index is -0.857. The third-order valence-corrected chi connectivity index (χ3v) is 2.22. The molecule has 0 atom stereocenters. The number of carboxylic acids is 1. The van der Waals surface area contributed by atoms with Crippen molar-refractivity contribution in [2.24, 2.45) is 5.92 Å². The first-order valence-electron chi connectivity index (χ1n) is 4.83. The summed E-state index contributed by atoms with van der Waals surface area (Å²) < 4.78 is 0. The van der Waals surface area contributed by atoms with Gasteiger partial charge in [-0.2, -0.15) is 0 Å². The molecule has 1 aromatic carbocycles. The van der Waals surface area contributed by atoms with Gasteiger partial charge in [0, 0.05) is 0 Å². The van der Waals surface area contributed by atoms with Gasteiger partial charge < -0.3 is 5.11 Å². The second-order valence-corrected chi connectivity index (χ2v) is 4.04. The van der Waals surface area contributed by atoms with E-state index in [1.807, 2.05) is 13.0 Å². The van der Waals surface area contributed by atoms with E-state index in [1.165, 1.54) is 5.56 Å². The van der Waals surface area contributed by atoms with Gasteiger partial charge in [0.2, 0.25) is 0 Å². The van der Waals surface area contributed by atoms with Crippen LogP contribution in [0.5, 0.6) is 0 Å². The molecule has 0 bridgehead atoms. The van der Waals surface area contributed by atoms with E-state index < -0.39 is 5.97 Å². The van der Waals surface area contributed by atoms with E-state index in [1.54, 1.807) is 12.1 Å². The zero-order chi connectivity index (χ0) is 10.7. The van der Waals surface area contributed by atoms with Crippen molar-refractivity contribution in [3.63, 3.8) is 0 Å². The van der Waals surface area contributed by atoms with E-state index in [4.69, 9.17) is 5.11 Å². The highest BCUT2D eigenvalue weighted by atomic mass is 16.4. The maximum Gasteiger partial charge on any atom is 0.335 e. The lowest BCUT2D eigenvalue weighted by Crippen LogP contribution is -2.01. The molecule has 0 unspecified atom stereocenters. The van der Waals surface area contributed by atoms with Crippen molar-refractivity contribution in [2.75, 3.05) is 0 Å². The summed E-state index contributed by atoms with van der Waals surface area (Å²) in [5.41, 5.74) is 2.68. The molecule has 1 N–H and O–H groups in total. The van der Waals surface area contributed by atoms with E-state index in [9.17, 15) is 4.79 Å². The number of aromatic carboxylic acids is 1. The second kappa shape index (κ2) is 4.27. The smallest absolute Gasteiger partial charge is 0.335 e. The fourth-order valence-corrected chi connectivity index (χ4v) is 1.50. The van der Waals surface area contributed by atoms with Crippen LogP contribution >= 0.6 is 0 Å². The first-order chi connectivity index (χ1) is 6.50. The third kappa shape index (κ3) is 2.59. The van der Waals surface area contributed by atoms with Gasteiger partial charge in [-0.3, -0.25) is 0 Å². The van der Waals surface area contributed by atoms with E-state index in [-0.39, 0.29) is 0 Å². The van der Waals surface area contributed by atoms with Gasteiger partial charge >= 0.3 is 5.97 Å². The highest BCUT2D eigenvalue weighted by Gasteiger charge is 2.06. The van der Waals surface area contributed by atoms with Crippen LogP contribution in [0.15, 0.2) is 18.2 Å². The number of rotatable bonds is 3. The van der Waals surface area contributed by atoms with Gasteiger partial charge in [0.1, 0.15) is 0 Å². The standard InChI is InChI=1S/C12H16O2/c1-8(2)6-10-4-5-11(12(13)14)7-9(10)3/h4-5,7-8H,6H2,1-3H3,(H,13,14). The molecule has 0 fully saturated rings. The van der Waals surface area contributed by atoms with Crippen molar-refractivity contribution in [1.29, 1.82) is 0 Å². The van der Waals surface area contributed by atoms with E-state index >= 15 is 0 Å². The predicted molar refractivity (Wildman–Crippen MR) is 56.7 cm³/mol. The Kier molecular flexibility index (Phi) is 3.28. The van der Waals surface area contributed by atoms with Crippen LogP contribution in [0.1, 0.15) is 35.3 Å². The van der Waals surface area contributed by atoms with Gasteiger partial charge in [-0.15, -0.1) is 0 Å².